The lowest BCUT2D eigenvalue weighted by atomic mass is 10.2. The third-order valence-electron chi connectivity index (χ3n) is 3.70. The third-order valence-corrected chi connectivity index (χ3v) is 3.70. The Morgan fingerprint density at radius 1 is 1.20 bits per heavy atom. The number of methoxy groups -OCH3 is 2. The summed E-state index contributed by atoms with van der Waals surface area (Å²) in [6.07, 6.45) is 1.95. The summed E-state index contributed by atoms with van der Waals surface area (Å²) in [5.74, 6) is -0.781. The predicted molar refractivity (Wildman–Crippen MR) is 88.6 cm³/mol. The van der Waals surface area contributed by atoms with Crippen molar-refractivity contribution in [1.82, 2.24) is 10.2 Å². The van der Waals surface area contributed by atoms with E-state index in [1.54, 1.807) is 12.1 Å². The van der Waals surface area contributed by atoms with Crippen molar-refractivity contribution in [1.29, 1.82) is 0 Å². The maximum Gasteiger partial charge on any atom is 0.342 e. The van der Waals surface area contributed by atoms with Crippen LogP contribution in [-0.2, 0) is 14.3 Å². The molecule has 0 radical (unpaired) electrons. The van der Waals surface area contributed by atoms with Gasteiger partial charge in [-0.2, -0.15) is 0 Å². The normalized spacial score (nSPS) is 12.9. The number of amides is 2. The van der Waals surface area contributed by atoms with Gasteiger partial charge in [-0.05, 0) is 25.0 Å². The lowest BCUT2D eigenvalue weighted by Crippen LogP contribution is -2.40. The van der Waals surface area contributed by atoms with Crippen molar-refractivity contribution in [3.63, 3.8) is 0 Å². The number of nitrogens with zero attached hydrogens (tertiary/aromatic N) is 1. The Morgan fingerprint density at radius 2 is 1.92 bits per heavy atom. The van der Waals surface area contributed by atoms with Crippen LogP contribution in [0, 0.1) is 0 Å². The standard InChI is InChI=1S/C17H22N2O6/c1-19(9-14(20)18-11-7-8-11)15(21)10-25-17(22)12-5-4-6-13(23-2)16(12)24-3/h4-6,11H,7-10H2,1-3H3,(H,18,20). The summed E-state index contributed by atoms with van der Waals surface area (Å²) in [6.45, 7) is -0.540. The molecular formula is C17H22N2O6. The zero-order valence-electron chi connectivity index (χ0n) is 14.5. The van der Waals surface area contributed by atoms with Crippen molar-refractivity contribution in [2.75, 3.05) is 34.4 Å². The number of esters is 1. The monoisotopic (exact) mass is 350 g/mol. The number of hydrogen-bond acceptors (Lipinski definition) is 6. The highest BCUT2D eigenvalue weighted by Crippen LogP contribution is 2.31. The zero-order chi connectivity index (χ0) is 18.4. The van der Waals surface area contributed by atoms with Gasteiger partial charge in [0.25, 0.3) is 5.91 Å². The number of carbonyl (C=O) groups is 3. The molecule has 0 aliphatic heterocycles. The fraction of sp³-hybridized carbons (Fsp3) is 0.471. The van der Waals surface area contributed by atoms with Crippen molar-refractivity contribution in [3.8, 4) is 11.5 Å². The minimum atomic E-state index is -0.708. The first-order valence-corrected chi connectivity index (χ1v) is 7.87. The lowest BCUT2D eigenvalue weighted by molar-refractivity contribution is -0.137. The second-order valence-electron chi connectivity index (χ2n) is 5.71. The fourth-order valence-electron chi connectivity index (χ4n) is 2.17. The summed E-state index contributed by atoms with van der Waals surface area (Å²) in [7, 11) is 4.35. The smallest absolute Gasteiger partial charge is 0.342 e. The van der Waals surface area contributed by atoms with Crippen molar-refractivity contribution < 1.29 is 28.6 Å². The van der Waals surface area contributed by atoms with Gasteiger partial charge in [-0.3, -0.25) is 9.59 Å². The summed E-state index contributed by atoms with van der Waals surface area (Å²) in [5.41, 5.74) is 0.156. The van der Waals surface area contributed by atoms with Crippen LogP contribution in [0.1, 0.15) is 23.2 Å². The van der Waals surface area contributed by atoms with Gasteiger partial charge in [0, 0.05) is 13.1 Å². The lowest BCUT2D eigenvalue weighted by Gasteiger charge is -2.17. The third kappa shape index (κ3) is 5.10. The maximum absolute atomic E-state index is 12.2. The van der Waals surface area contributed by atoms with E-state index in [0.717, 1.165) is 12.8 Å². The van der Waals surface area contributed by atoms with Gasteiger partial charge in [0.1, 0.15) is 5.56 Å². The van der Waals surface area contributed by atoms with Gasteiger partial charge in [-0.15, -0.1) is 0 Å². The van der Waals surface area contributed by atoms with Crippen LogP contribution in [-0.4, -0.2) is 63.1 Å². The maximum atomic E-state index is 12.2. The van der Waals surface area contributed by atoms with Crippen molar-refractivity contribution >= 4 is 17.8 Å². The molecule has 136 valence electrons. The number of likely N-dealkylation sites (N-methyl/N-ethyl adjacent to an activating group) is 1. The van der Waals surface area contributed by atoms with Gasteiger partial charge in [0.2, 0.25) is 5.91 Å². The van der Waals surface area contributed by atoms with E-state index in [9.17, 15) is 14.4 Å². The SMILES string of the molecule is COc1cccc(C(=O)OCC(=O)N(C)CC(=O)NC2CC2)c1OC. The topological polar surface area (TPSA) is 94.2 Å². The van der Waals surface area contributed by atoms with Gasteiger partial charge in [0.15, 0.2) is 18.1 Å². The Labute approximate surface area is 146 Å². The molecule has 1 aliphatic carbocycles. The van der Waals surface area contributed by atoms with E-state index in [2.05, 4.69) is 5.32 Å². The van der Waals surface area contributed by atoms with E-state index >= 15 is 0 Å². The second kappa shape index (κ2) is 8.36. The summed E-state index contributed by atoms with van der Waals surface area (Å²) in [6, 6.07) is 5.01. The average Bonchev–Trinajstić information content (AvgIpc) is 3.41. The van der Waals surface area contributed by atoms with Crippen LogP contribution in [0.2, 0.25) is 0 Å². The average molecular weight is 350 g/mol. The van der Waals surface area contributed by atoms with Crippen LogP contribution in [0.4, 0.5) is 0 Å². The highest BCUT2D eigenvalue weighted by atomic mass is 16.5. The highest BCUT2D eigenvalue weighted by molar-refractivity contribution is 5.95. The molecule has 0 bridgehead atoms. The molecule has 2 rings (SSSR count). The molecule has 0 saturated heterocycles. The Hall–Kier alpha value is -2.77. The van der Waals surface area contributed by atoms with Gasteiger partial charge < -0.3 is 24.4 Å². The number of rotatable bonds is 8. The van der Waals surface area contributed by atoms with Crippen molar-refractivity contribution in [2.24, 2.45) is 0 Å². The van der Waals surface area contributed by atoms with Gasteiger partial charge in [0.05, 0.1) is 20.8 Å². The molecule has 0 spiro atoms. The summed E-state index contributed by atoms with van der Waals surface area (Å²) in [4.78, 5) is 37.1. The highest BCUT2D eigenvalue weighted by Gasteiger charge is 2.25. The molecule has 1 aliphatic rings. The van der Waals surface area contributed by atoms with Gasteiger partial charge in [-0.25, -0.2) is 4.79 Å². The summed E-state index contributed by atoms with van der Waals surface area (Å²) < 4.78 is 15.3. The number of ether oxygens (including phenoxy) is 3. The molecule has 0 unspecified atom stereocenters. The van der Waals surface area contributed by atoms with Crippen LogP contribution >= 0.6 is 0 Å². The number of benzene rings is 1. The van der Waals surface area contributed by atoms with Crippen LogP contribution in [0.15, 0.2) is 18.2 Å². The molecule has 1 saturated carbocycles. The number of nitrogens with one attached hydrogen (secondary N) is 1. The van der Waals surface area contributed by atoms with E-state index in [0.29, 0.717) is 5.75 Å². The molecule has 0 atom stereocenters. The van der Waals surface area contributed by atoms with E-state index in [1.165, 1.54) is 32.2 Å². The van der Waals surface area contributed by atoms with Crippen LogP contribution in [0.5, 0.6) is 11.5 Å². The summed E-state index contributed by atoms with van der Waals surface area (Å²) >= 11 is 0. The van der Waals surface area contributed by atoms with E-state index in [4.69, 9.17) is 14.2 Å². The van der Waals surface area contributed by atoms with Crippen LogP contribution in [0.25, 0.3) is 0 Å². The first-order chi connectivity index (χ1) is 12.0. The van der Waals surface area contributed by atoms with Crippen LogP contribution < -0.4 is 14.8 Å². The Balaban J connectivity index is 1.88. The number of para-hydroxylation sites is 1. The molecular weight excluding hydrogens is 328 g/mol. The van der Waals surface area contributed by atoms with Crippen molar-refractivity contribution in [2.45, 2.75) is 18.9 Å². The first-order valence-electron chi connectivity index (χ1n) is 7.87. The minimum absolute atomic E-state index is 0.0740. The van der Waals surface area contributed by atoms with Gasteiger partial charge in [-0.1, -0.05) is 6.07 Å². The zero-order valence-corrected chi connectivity index (χ0v) is 14.5. The van der Waals surface area contributed by atoms with Crippen LogP contribution in [0.3, 0.4) is 0 Å². The Morgan fingerprint density at radius 3 is 2.52 bits per heavy atom. The van der Waals surface area contributed by atoms with E-state index in [-0.39, 0.29) is 29.8 Å². The molecule has 0 heterocycles. The molecule has 8 nitrogen and oxygen atoms in total. The fourth-order valence-corrected chi connectivity index (χ4v) is 2.17. The second-order valence-corrected chi connectivity index (χ2v) is 5.71. The quantitative estimate of drug-likeness (QED) is 0.690. The van der Waals surface area contributed by atoms with E-state index < -0.39 is 18.5 Å². The molecule has 1 aromatic carbocycles. The predicted octanol–water partition coefficient (Wildman–Crippen LogP) is 0.598. The molecule has 1 aromatic rings. The molecule has 8 heteroatoms. The molecule has 0 aromatic heterocycles. The Bertz CT molecular complexity index is 657. The first kappa shape index (κ1) is 18.6. The molecule has 25 heavy (non-hydrogen) atoms. The minimum Gasteiger partial charge on any atom is -0.493 e. The number of hydrogen-bond donors (Lipinski definition) is 1. The largest absolute Gasteiger partial charge is 0.493 e. The molecule has 2 amide bonds. The van der Waals surface area contributed by atoms with Crippen molar-refractivity contribution in [3.05, 3.63) is 23.8 Å². The molecule has 1 N–H and O–H groups in total. The van der Waals surface area contributed by atoms with Gasteiger partial charge >= 0.3 is 5.97 Å². The number of carbonyl (C=O) groups excluding carboxylic acids is 3. The molecule has 1 fully saturated rings. The van der Waals surface area contributed by atoms with E-state index in [1.807, 2.05) is 0 Å². The Kier molecular flexibility index (Phi) is 6.21. The summed E-state index contributed by atoms with van der Waals surface area (Å²) in [5, 5.41) is 2.79.